The zero-order valence-corrected chi connectivity index (χ0v) is 15.7. The molecule has 2 aromatic carbocycles. The van der Waals surface area contributed by atoms with Crippen LogP contribution >= 0.6 is 0 Å². The van der Waals surface area contributed by atoms with Gasteiger partial charge in [0.15, 0.2) is 5.78 Å². The zero-order chi connectivity index (χ0) is 19.1. The molecule has 0 spiro atoms. The fraction of sp³-hybridized carbons (Fsp3) is 0.263. The molecule has 0 N–H and O–H groups in total. The summed E-state index contributed by atoms with van der Waals surface area (Å²) in [7, 11) is -0.629. The van der Waals surface area contributed by atoms with Crippen LogP contribution in [0.25, 0.3) is 0 Å². The van der Waals surface area contributed by atoms with Crippen molar-refractivity contribution in [1.82, 2.24) is 4.31 Å². The lowest BCUT2D eigenvalue weighted by Gasteiger charge is -2.30. The highest BCUT2D eigenvalue weighted by Crippen LogP contribution is 2.31. The second kappa shape index (κ2) is 6.66. The van der Waals surface area contributed by atoms with Gasteiger partial charge in [0.2, 0.25) is 10.0 Å². The first-order valence-corrected chi connectivity index (χ1v) is 9.65. The molecular weight excluding hydrogens is 352 g/mol. The Morgan fingerprint density at radius 3 is 2.35 bits per heavy atom. The van der Waals surface area contributed by atoms with Crippen molar-refractivity contribution in [3.63, 3.8) is 0 Å². The molecular formula is C19H20N2O4S. The summed E-state index contributed by atoms with van der Waals surface area (Å²) in [5.41, 5.74) is 2.43. The van der Waals surface area contributed by atoms with E-state index in [-0.39, 0.29) is 23.0 Å². The van der Waals surface area contributed by atoms with E-state index < -0.39 is 10.0 Å². The van der Waals surface area contributed by atoms with E-state index in [1.165, 1.54) is 38.4 Å². The van der Waals surface area contributed by atoms with Crippen LogP contribution in [0.15, 0.2) is 47.4 Å². The molecule has 0 fully saturated rings. The van der Waals surface area contributed by atoms with Crippen LogP contribution in [0.2, 0.25) is 0 Å². The highest BCUT2D eigenvalue weighted by atomic mass is 32.2. The monoisotopic (exact) mass is 372 g/mol. The Labute approximate surface area is 153 Å². The molecule has 3 rings (SSSR count). The van der Waals surface area contributed by atoms with Gasteiger partial charge in [-0.3, -0.25) is 9.59 Å². The van der Waals surface area contributed by atoms with Crippen LogP contribution in [0.1, 0.15) is 32.7 Å². The predicted octanol–water partition coefficient (Wildman–Crippen LogP) is 2.48. The number of carbonyl (C=O) groups excluding carboxylic acids is 2. The Kier molecular flexibility index (Phi) is 4.68. The average Bonchev–Trinajstić information content (AvgIpc) is 2.62. The van der Waals surface area contributed by atoms with E-state index in [1.54, 1.807) is 17.0 Å². The van der Waals surface area contributed by atoms with Crippen LogP contribution < -0.4 is 4.90 Å². The van der Waals surface area contributed by atoms with Gasteiger partial charge in [-0.05, 0) is 42.8 Å². The Morgan fingerprint density at radius 2 is 1.73 bits per heavy atom. The van der Waals surface area contributed by atoms with Crippen LogP contribution in [-0.4, -0.2) is 45.1 Å². The quantitative estimate of drug-likeness (QED) is 0.830. The maximum absolute atomic E-state index is 13.0. The molecule has 1 amide bonds. The number of sulfonamides is 1. The van der Waals surface area contributed by atoms with Crippen molar-refractivity contribution in [1.29, 1.82) is 0 Å². The van der Waals surface area contributed by atoms with E-state index in [2.05, 4.69) is 0 Å². The maximum atomic E-state index is 13.0. The van der Waals surface area contributed by atoms with Gasteiger partial charge in [-0.1, -0.05) is 12.1 Å². The number of Topliss-reactive ketones (excluding diaryl/α,β-unsaturated/α-hetero) is 1. The van der Waals surface area contributed by atoms with Crippen LogP contribution in [0.3, 0.4) is 0 Å². The van der Waals surface area contributed by atoms with Gasteiger partial charge in [-0.15, -0.1) is 0 Å². The number of anilines is 1. The normalized spacial score (nSPS) is 14.5. The van der Waals surface area contributed by atoms with E-state index in [1.807, 2.05) is 13.0 Å². The topological polar surface area (TPSA) is 74.8 Å². The summed E-state index contributed by atoms with van der Waals surface area (Å²) in [5.74, 6) is -0.220. The third-order valence-corrected chi connectivity index (χ3v) is 6.32. The van der Waals surface area contributed by atoms with Gasteiger partial charge in [0.1, 0.15) is 0 Å². The standard InChI is InChI=1S/C19H20N2O4S/c1-13-5-4-6-16-17(22)11-12-21(18(13)16)19(23)14-7-9-15(10-8-14)26(24,25)20(2)3/h4-10H,11-12H2,1-3H3. The summed E-state index contributed by atoms with van der Waals surface area (Å²) in [5, 5.41) is 0. The van der Waals surface area contributed by atoms with Crippen molar-refractivity contribution in [2.45, 2.75) is 18.2 Å². The van der Waals surface area contributed by atoms with Crippen molar-refractivity contribution in [3.05, 3.63) is 59.2 Å². The summed E-state index contributed by atoms with van der Waals surface area (Å²) in [6, 6.07) is 11.3. The number of carbonyl (C=O) groups is 2. The highest BCUT2D eigenvalue weighted by molar-refractivity contribution is 7.89. The first kappa shape index (κ1) is 18.3. The molecule has 6 nitrogen and oxygen atoms in total. The van der Waals surface area contributed by atoms with Gasteiger partial charge in [0.05, 0.1) is 10.6 Å². The van der Waals surface area contributed by atoms with Crippen molar-refractivity contribution in [3.8, 4) is 0 Å². The molecule has 26 heavy (non-hydrogen) atoms. The Morgan fingerprint density at radius 1 is 1.08 bits per heavy atom. The van der Waals surface area contributed by atoms with E-state index in [0.717, 1.165) is 9.87 Å². The summed E-state index contributed by atoms with van der Waals surface area (Å²) in [4.78, 5) is 26.9. The van der Waals surface area contributed by atoms with Crippen molar-refractivity contribution in [2.75, 3.05) is 25.5 Å². The van der Waals surface area contributed by atoms with E-state index in [0.29, 0.717) is 23.4 Å². The number of amides is 1. The van der Waals surface area contributed by atoms with Crippen LogP contribution in [0.5, 0.6) is 0 Å². The molecule has 1 aliphatic rings. The maximum Gasteiger partial charge on any atom is 0.258 e. The third-order valence-electron chi connectivity index (χ3n) is 4.50. The largest absolute Gasteiger partial charge is 0.307 e. The molecule has 0 bridgehead atoms. The van der Waals surface area contributed by atoms with Gasteiger partial charge in [-0.25, -0.2) is 12.7 Å². The van der Waals surface area contributed by atoms with Crippen molar-refractivity contribution < 1.29 is 18.0 Å². The fourth-order valence-corrected chi connectivity index (χ4v) is 3.94. The van der Waals surface area contributed by atoms with Gasteiger partial charge in [0.25, 0.3) is 5.91 Å². The lowest BCUT2D eigenvalue weighted by atomic mass is 9.96. The lowest BCUT2D eigenvalue weighted by molar-refractivity contribution is 0.0954. The molecule has 0 atom stereocenters. The molecule has 0 radical (unpaired) electrons. The minimum atomic E-state index is -3.54. The molecule has 0 saturated carbocycles. The van der Waals surface area contributed by atoms with Crippen LogP contribution in [0.4, 0.5) is 5.69 Å². The molecule has 7 heteroatoms. The van der Waals surface area contributed by atoms with Gasteiger partial charge < -0.3 is 4.90 Å². The number of hydrogen-bond acceptors (Lipinski definition) is 4. The minimum Gasteiger partial charge on any atom is -0.307 e. The second-order valence-electron chi connectivity index (χ2n) is 6.41. The Balaban J connectivity index is 1.97. The molecule has 1 aliphatic heterocycles. The molecule has 0 aliphatic carbocycles. The summed E-state index contributed by atoms with van der Waals surface area (Å²) in [6.45, 7) is 2.18. The Hall–Kier alpha value is -2.51. The number of para-hydroxylation sites is 1. The first-order valence-electron chi connectivity index (χ1n) is 8.21. The van der Waals surface area contributed by atoms with Crippen LogP contribution in [-0.2, 0) is 10.0 Å². The van der Waals surface area contributed by atoms with E-state index in [4.69, 9.17) is 0 Å². The van der Waals surface area contributed by atoms with E-state index >= 15 is 0 Å². The fourth-order valence-electron chi connectivity index (χ4n) is 3.04. The number of rotatable bonds is 3. The zero-order valence-electron chi connectivity index (χ0n) is 14.9. The van der Waals surface area contributed by atoms with Gasteiger partial charge in [-0.2, -0.15) is 0 Å². The van der Waals surface area contributed by atoms with Crippen molar-refractivity contribution >= 4 is 27.4 Å². The average molecular weight is 372 g/mol. The molecule has 0 unspecified atom stereocenters. The third kappa shape index (κ3) is 3.04. The number of aryl methyl sites for hydroxylation is 1. The summed E-state index contributed by atoms with van der Waals surface area (Å²) in [6.07, 6.45) is 0.273. The smallest absolute Gasteiger partial charge is 0.258 e. The van der Waals surface area contributed by atoms with Crippen molar-refractivity contribution in [2.24, 2.45) is 0 Å². The number of nitrogens with zero attached hydrogens (tertiary/aromatic N) is 2. The molecule has 1 heterocycles. The second-order valence-corrected chi connectivity index (χ2v) is 8.56. The lowest BCUT2D eigenvalue weighted by Crippen LogP contribution is -2.38. The molecule has 0 saturated heterocycles. The van der Waals surface area contributed by atoms with Crippen LogP contribution in [0, 0.1) is 6.92 Å². The molecule has 0 aromatic heterocycles. The highest BCUT2D eigenvalue weighted by Gasteiger charge is 2.29. The Bertz CT molecular complexity index is 979. The predicted molar refractivity (Wildman–Crippen MR) is 99.1 cm³/mol. The SMILES string of the molecule is Cc1cccc2c1N(C(=O)c1ccc(S(=O)(=O)N(C)C)cc1)CCC2=O. The summed E-state index contributed by atoms with van der Waals surface area (Å²) >= 11 is 0. The minimum absolute atomic E-state index is 0.0279. The number of hydrogen-bond donors (Lipinski definition) is 0. The van der Waals surface area contributed by atoms with Gasteiger partial charge in [0, 0.05) is 38.2 Å². The molecule has 2 aromatic rings. The number of benzene rings is 2. The van der Waals surface area contributed by atoms with E-state index in [9.17, 15) is 18.0 Å². The molecule has 136 valence electrons. The number of ketones is 1. The summed E-state index contributed by atoms with van der Waals surface area (Å²) < 4.78 is 25.4. The number of fused-ring (bicyclic) bond motifs is 1. The first-order chi connectivity index (χ1) is 12.2. The van der Waals surface area contributed by atoms with Gasteiger partial charge >= 0.3 is 0 Å².